The number of nitriles is 1. The summed E-state index contributed by atoms with van der Waals surface area (Å²) in [5.74, 6) is 0. The van der Waals surface area contributed by atoms with Gasteiger partial charge in [-0.25, -0.2) is 8.42 Å². The summed E-state index contributed by atoms with van der Waals surface area (Å²) in [6.07, 6.45) is 0. The van der Waals surface area contributed by atoms with Gasteiger partial charge in [0.25, 0.3) is 10.0 Å². The summed E-state index contributed by atoms with van der Waals surface area (Å²) >= 11 is 6.56. The van der Waals surface area contributed by atoms with E-state index < -0.39 is 10.0 Å². The van der Waals surface area contributed by atoms with Crippen LogP contribution in [0.3, 0.4) is 0 Å². The second-order valence-electron chi connectivity index (χ2n) is 4.21. The first kappa shape index (κ1) is 16.0. The lowest BCUT2D eigenvalue weighted by Gasteiger charge is -2.20. The fourth-order valence-electron chi connectivity index (χ4n) is 1.72. The molecule has 21 heavy (non-hydrogen) atoms. The zero-order valence-corrected chi connectivity index (χ0v) is 14.9. The van der Waals surface area contributed by atoms with E-state index in [1.54, 1.807) is 36.4 Å². The zero-order chi connectivity index (χ0) is 15.6. The van der Waals surface area contributed by atoms with Gasteiger partial charge in [0.15, 0.2) is 0 Å². The Labute approximate surface area is 140 Å². The minimum absolute atomic E-state index is 0.178. The maximum absolute atomic E-state index is 12.6. The summed E-state index contributed by atoms with van der Waals surface area (Å²) in [6, 6.07) is 13.2. The van der Waals surface area contributed by atoms with Crippen LogP contribution in [-0.4, -0.2) is 15.5 Å². The van der Waals surface area contributed by atoms with Crippen LogP contribution in [0.25, 0.3) is 0 Å². The molecule has 0 amide bonds. The van der Waals surface area contributed by atoms with Crippen molar-refractivity contribution in [3.63, 3.8) is 0 Å². The summed E-state index contributed by atoms with van der Waals surface area (Å²) in [6.45, 7) is 0. The summed E-state index contributed by atoms with van der Waals surface area (Å²) in [4.78, 5) is 0.178. The Balaban J connectivity index is 2.45. The lowest BCUT2D eigenvalue weighted by molar-refractivity contribution is 0.594. The maximum atomic E-state index is 12.6. The molecule has 4 nitrogen and oxygen atoms in total. The van der Waals surface area contributed by atoms with Crippen LogP contribution in [0.5, 0.6) is 0 Å². The Morgan fingerprint density at radius 3 is 2.24 bits per heavy atom. The Morgan fingerprint density at radius 2 is 1.71 bits per heavy atom. The smallest absolute Gasteiger partial charge is 0.265 e. The van der Waals surface area contributed by atoms with Gasteiger partial charge < -0.3 is 0 Å². The van der Waals surface area contributed by atoms with Gasteiger partial charge in [-0.15, -0.1) is 0 Å². The van der Waals surface area contributed by atoms with E-state index >= 15 is 0 Å². The number of halogens is 2. The Hall–Kier alpha value is -1.36. The van der Waals surface area contributed by atoms with Gasteiger partial charge in [-0.05, 0) is 58.4 Å². The molecular weight excluding hydrogens is 420 g/mol. The molecule has 7 heteroatoms. The van der Waals surface area contributed by atoms with Gasteiger partial charge in [-0.2, -0.15) is 5.26 Å². The molecule has 0 N–H and O–H groups in total. The molecule has 0 aliphatic carbocycles. The lowest BCUT2D eigenvalue weighted by Crippen LogP contribution is -2.26. The van der Waals surface area contributed by atoms with E-state index in [2.05, 4.69) is 31.9 Å². The standard InChI is InChI=1S/C14H10Br2N2O2S/c1-18(12-5-2-10(9-17)3-6-12)21(19,20)14-7-4-11(15)8-13(14)16/h2-8H,1H3. The van der Waals surface area contributed by atoms with Gasteiger partial charge in [0.1, 0.15) is 4.90 Å². The highest BCUT2D eigenvalue weighted by Crippen LogP contribution is 2.29. The summed E-state index contributed by atoms with van der Waals surface area (Å²) in [7, 11) is -2.20. The molecule has 108 valence electrons. The second kappa shape index (κ2) is 6.18. The first-order valence-electron chi connectivity index (χ1n) is 5.80. The second-order valence-corrected chi connectivity index (χ2v) is 7.91. The average molecular weight is 430 g/mol. The number of nitrogens with zero attached hydrogens (tertiary/aromatic N) is 2. The summed E-state index contributed by atoms with van der Waals surface area (Å²) in [5, 5.41) is 8.77. The lowest BCUT2D eigenvalue weighted by atomic mass is 10.2. The molecule has 0 saturated carbocycles. The molecule has 0 unspecified atom stereocenters. The van der Waals surface area contributed by atoms with E-state index in [1.807, 2.05) is 6.07 Å². The molecule has 0 bridgehead atoms. The maximum Gasteiger partial charge on any atom is 0.265 e. The van der Waals surface area contributed by atoms with Gasteiger partial charge in [0.2, 0.25) is 0 Å². The molecular formula is C14H10Br2N2O2S. The predicted molar refractivity (Wildman–Crippen MR) is 88.6 cm³/mol. The van der Waals surface area contributed by atoms with Gasteiger partial charge in [-0.3, -0.25) is 4.31 Å². The normalized spacial score (nSPS) is 11.0. The number of sulfonamides is 1. The third kappa shape index (κ3) is 3.28. The van der Waals surface area contributed by atoms with E-state index in [0.717, 1.165) is 4.47 Å². The van der Waals surface area contributed by atoms with Crippen LogP contribution < -0.4 is 4.31 Å². The van der Waals surface area contributed by atoms with Crippen LogP contribution in [0.4, 0.5) is 5.69 Å². The highest BCUT2D eigenvalue weighted by molar-refractivity contribution is 9.11. The number of anilines is 1. The van der Waals surface area contributed by atoms with Gasteiger partial charge in [-0.1, -0.05) is 15.9 Å². The number of benzene rings is 2. The number of hydrogen-bond donors (Lipinski definition) is 0. The Bertz CT molecular complexity index is 812. The molecule has 0 atom stereocenters. The molecule has 0 aliphatic rings. The third-order valence-corrected chi connectivity index (χ3v) is 6.15. The summed E-state index contributed by atoms with van der Waals surface area (Å²) < 4.78 is 27.7. The van der Waals surface area contributed by atoms with Crippen molar-refractivity contribution in [2.24, 2.45) is 0 Å². The van der Waals surface area contributed by atoms with Crippen molar-refractivity contribution in [3.05, 3.63) is 57.0 Å². The van der Waals surface area contributed by atoms with Crippen LogP contribution >= 0.6 is 31.9 Å². The van der Waals surface area contributed by atoms with Crippen molar-refractivity contribution in [2.45, 2.75) is 4.90 Å². The SMILES string of the molecule is CN(c1ccc(C#N)cc1)S(=O)(=O)c1ccc(Br)cc1Br. The molecule has 0 heterocycles. The quantitative estimate of drug-likeness (QED) is 0.742. The van der Waals surface area contributed by atoms with E-state index in [9.17, 15) is 8.42 Å². The van der Waals surface area contributed by atoms with Crippen LogP contribution in [0, 0.1) is 11.3 Å². The molecule has 0 fully saturated rings. The van der Waals surface area contributed by atoms with Gasteiger partial charge in [0.05, 0.1) is 17.3 Å². The molecule has 0 saturated heterocycles. The van der Waals surface area contributed by atoms with Gasteiger partial charge >= 0.3 is 0 Å². The van der Waals surface area contributed by atoms with Crippen molar-refractivity contribution >= 4 is 47.6 Å². The average Bonchev–Trinajstić information content (AvgIpc) is 2.46. The third-order valence-electron chi connectivity index (χ3n) is 2.89. The minimum atomic E-state index is -3.68. The van der Waals surface area contributed by atoms with Crippen molar-refractivity contribution in [3.8, 4) is 6.07 Å². The van der Waals surface area contributed by atoms with E-state index in [1.165, 1.54) is 17.4 Å². The van der Waals surface area contributed by atoms with Crippen molar-refractivity contribution in [2.75, 3.05) is 11.4 Å². The van der Waals surface area contributed by atoms with E-state index in [4.69, 9.17) is 5.26 Å². The highest BCUT2D eigenvalue weighted by Gasteiger charge is 2.23. The number of hydrogen-bond acceptors (Lipinski definition) is 3. The molecule has 0 spiro atoms. The Morgan fingerprint density at radius 1 is 1.10 bits per heavy atom. The van der Waals surface area contributed by atoms with Crippen molar-refractivity contribution in [1.82, 2.24) is 0 Å². The zero-order valence-electron chi connectivity index (χ0n) is 10.9. The van der Waals surface area contributed by atoms with Gasteiger partial charge in [0, 0.05) is 16.0 Å². The van der Waals surface area contributed by atoms with Crippen LogP contribution in [0.2, 0.25) is 0 Å². The molecule has 0 radical (unpaired) electrons. The molecule has 0 aromatic heterocycles. The Kier molecular flexibility index (Phi) is 4.71. The topological polar surface area (TPSA) is 61.2 Å². The first-order valence-corrected chi connectivity index (χ1v) is 8.83. The fraction of sp³-hybridized carbons (Fsp3) is 0.0714. The van der Waals surface area contributed by atoms with Crippen LogP contribution in [-0.2, 0) is 10.0 Å². The number of rotatable bonds is 3. The van der Waals surface area contributed by atoms with Crippen LogP contribution in [0.15, 0.2) is 56.3 Å². The molecule has 2 aromatic rings. The summed E-state index contributed by atoms with van der Waals surface area (Å²) in [5.41, 5.74) is 0.971. The molecule has 2 aromatic carbocycles. The van der Waals surface area contributed by atoms with E-state index in [-0.39, 0.29) is 4.90 Å². The molecule has 0 aliphatic heterocycles. The first-order chi connectivity index (χ1) is 9.86. The predicted octanol–water partition coefficient (Wildman–Crippen LogP) is 3.91. The monoisotopic (exact) mass is 428 g/mol. The molecule has 2 rings (SSSR count). The van der Waals surface area contributed by atoms with E-state index in [0.29, 0.717) is 15.7 Å². The highest BCUT2D eigenvalue weighted by atomic mass is 79.9. The van der Waals surface area contributed by atoms with Crippen molar-refractivity contribution < 1.29 is 8.42 Å². The minimum Gasteiger partial charge on any atom is -0.269 e. The van der Waals surface area contributed by atoms with Crippen LogP contribution in [0.1, 0.15) is 5.56 Å². The van der Waals surface area contributed by atoms with Crippen molar-refractivity contribution in [1.29, 1.82) is 5.26 Å². The fourth-order valence-corrected chi connectivity index (χ4v) is 4.62. The largest absolute Gasteiger partial charge is 0.269 e.